The first-order valence-corrected chi connectivity index (χ1v) is 6.42. The molecular weight excluding hydrogens is 290 g/mol. The average Bonchev–Trinajstić information content (AvgIpc) is 2.83. The number of hydrogen-bond acceptors (Lipinski definition) is 6. The Morgan fingerprint density at radius 3 is 2.00 bits per heavy atom. The molecule has 1 aliphatic rings. The number of esters is 3. The summed E-state index contributed by atoms with van der Waals surface area (Å²) in [5.74, 6) is -1.92. The average molecular weight is 311 g/mol. The van der Waals surface area contributed by atoms with Gasteiger partial charge in [0.15, 0.2) is 0 Å². The molecule has 0 aromatic heterocycles. The number of unbranched alkanes of at least 4 members (excludes halogenated alkanes) is 1. The summed E-state index contributed by atoms with van der Waals surface area (Å²) in [5, 5.41) is 0. The number of ether oxygens (including phenoxy) is 2. The number of amides is 1. The number of cyclic esters (lactones) is 2. The van der Waals surface area contributed by atoms with Gasteiger partial charge in [0.05, 0.1) is 6.61 Å². The minimum absolute atomic E-state index is 0.284. The molecule has 0 fully saturated rings. The van der Waals surface area contributed by atoms with Crippen LogP contribution in [-0.2, 0) is 28.7 Å². The SMILES string of the molecule is C=C(C)C(=O)OCCCC.C=CC(N)=O.O=C1C=CC(=O)O1. The van der Waals surface area contributed by atoms with E-state index in [1.165, 1.54) is 0 Å². The molecule has 2 N–H and O–H groups in total. The molecule has 7 nitrogen and oxygen atoms in total. The van der Waals surface area contributed by atoms with Gasteiger partial charge in [0.1, 0.15) is 0 Å². The van der Waals surface area contributed by atoms with Crippen LogP contribution in [0.1, 0.15) is 26.7 Å². The lowest BCUT2D eigenvalue weighted by Gasteiger charge is -2.01. The van der Waals surface area contributed by atoms with Crippen LogP contribution in [-0.4, -0.2) is 30.4 Å². The van der Waals surface area contributed by atoms with Gasteiger partial charge in [-0.2, -0.15) is 0 Å². The molecule has 0 spiro atoms. The van der Waals surface area contributed by atoms with Crippen molar-refractivity contribution in [3.8, 4) is 0 Å². The molecule has 1 amide bonds. The van der Waals surface area contributed by atoms with Crippen LogP contribution in [0.4, 0.5) is 0 Å². The summed E-state index contributed by atoms with van der Waals surface area (Å²) in [5.41, 5.74) is 5.00. The molecule has 0 bridgehead atoms. The molecule has 0 aromatic rings. The standard InChI is InChI=1S/C8H14O2.C4H2O3.C3H5NO/c1-4-5-6-10-8(9)7(2)3;5-3-1-2-4(6)7-3;1-2-3(4)5/h2,4-6H2,1,3H3;1-2H;2H,1H2,(H2,4,5). The van der Waals surface area contributed by atoms with E-state index in [9.17, 15) is 19.2 Å². The lowest BCUT2D eigenvalue weighted by Crippen LogP contribution is -2.05. The molecule has 0 saturated carbocycles. The maximum Gasteiger partial charge on any atom is 0.338 e. The first-order valence-electron chi connectivity index (χ1n) is 6.42. The topological polar surface area (TPSA) is 113 Å². The fourth-order valence-corrected chi connectivity index (χ4v) is 0.736. The monoisotopic (exact) mass is 311 g/mol. The molecule has 1 rings (SSSR count). The van der Waals surface area contributed by atoms with Crippen LogP contribution in [0.2, 0.25) is 0 Å². The second kappa shape index (κ2) is 13.3. The summed E-state index contributed by atoms with van der Waals surface area (Å²) in [6.07, 6.45) is 5.20. The smallest absolute Gasteiger partial charge is 0.338 e. The molecule has 1 heterocycles. The van der Waals surface area contributed by atoms with Crippen LogP contribution >= 0.6 is 0 Å². The molecule has 0 radical (unpaired) electrons. The van der Waals surface area contributed by atoms with Gasteiger partial charge in [-0.3, -0.25) is 4.79 Å². The number of primary amides is 1. The molecule has 7 heteroatoms. The van der Waals surface area contributed by atoms with Gasteiger partial charge in [-0.05, 0) is 19.4 Å². The maximum absolute atomic E-state index is 10.7. The number of nitrogens with two attached hydrogens (primary N) is 1. The van der Waals surface area contributed by atoms with Gasteiger partial charge < -0.3 is 15.2 Å². The van der Waals surface area contributed by atoms with Crippen molar-refractivity contribution in [1.29, 1.82) is 0 Å². The molecule has 0 saturated heterocycles. The number of rotatable bonds is 5. The van der Waals surface area contributed by atoms with Crippen molar-refractivity contribution in [3.63, 3.8) is 0 Å². The fourth-order valence-electron chi connectivity index (χ4n) is 0.736. The largest absolute Gasteiger partial charge is 0.462 e. The predicted octanol–water partition coefficient (Wildman–Crippen LogP) is 1.19. The van der Waals surface area contributed by atoms with Crippen LogP contribution in [0.25, 0.3) is 0 Å². The highest BCUT2D eigenvalue weighted by Crippen LogP contribution is 1.94. The van der Waals surface area contributed by atoms with Crippen LogP contribution < -0.4 is 5.73 Å². The number of carbonyl (C=O) groups excluding carboxylic acids is 4. The lowest BCUT2D eigenvalue weighted by atomic mass is 10.3. The minimum Gasteiger partial charge on any atom is -0.462 e. The zero-order chi connectivity index (χ0) is 17.5. The van der Waals surface area contributed by atoms with Gasteiger partial charge in [0.25, 0.3) is 0 Å². The summed E-state index contributed by atoms with van der Waals surface area (Å²) >= 11 is 0. The zero-order valence-corrected chi connectivity index (χ0v) is 12.8. The summed E-state index contributed by atoms with van der Waals surface area (Å²) < 4.78 is 8.78. The highest BCUT2D eigenvalue weighted by Gasteiger charge is 2.10. The third-order valence-corrected chi connectivity index (χ3v) is 1.84. The van der Waals surface area contributed by atoms with Gasteiger partial charge in [0.2, 0.25) is 5.91 Å². The van der Waals surface area contributed by atoms with E-state index in [0.717, 1.165) is 31.1 Å². The number of hydrogen-bond donors (Lipinski definition) is 1. The van der Waals surface area contributed by atoms with E-state index < -0.39 is 17.8 Å². The molecular formula is C15H21NO6. The first kappa shape index (κ1) is 21.6. The summed E-state index contributed by atoms with van der Waals surface area (Å²) in [7, 11) is 0. The van der Waals surface area contributed by atoms with E-state index >= 15 is 0 Å². The van der Waals surface area contributed by atoms with E-state index in [0.29, 0.717) is 12.2 Å². The molecule has 1 aliphatic heterocycles. The van der Waals surface area contributed by atoms with E-state index in [4.69, 9.17) is 4.74 Å². The Bertz CT molecular complexity index is 449. The molecule has 0 aliphatic carbocycles. The van der Waals surface area contributed by atoms with E-state index in [1.54, 1.807) is 6.92 Å². The van der Waals surface area contributed by atoms with Crippen LogP contribution in [0, 0.1) is 0 Å². The Morgan fingerprint density at radius 2 is 1.77 bits per heavy atom. The third-order valence-electron chi connectivity index (χ3n) is 1.84. The molecule has 122 valence electrons. The summed E-state index contributed by atoms with van der Waals surface area (Å²) in [6, 6.07) is 0. The highest BCUT2D eigenvalue weighted by molar-refractivity contribution is 6.04. The zero-order valence-electron chi connectivity index (χ0n) is 12.8. The van der Waals surface area contributed by atoms with Gasteiger partial charge in [0, 0.05) is 17.7 Å². The molecule has 0 aromatic carbocycles. The van der Waals surface area contributed by atoms with Crippen molar-refractivity contribution in [2.45, 2.75) is 26.7 Å². The van der Waals surface area contributed by atoms with E-state index in [2.05, 4.69) is 30.6 Å². The Balaban J connectivity index is 0. The van der Waals surface area contributed by atoms with Crippen LogP contribution in [0.3, 0.4) is 0 Å². The van der Waals surface area contributed by atoms with Gasteiger partial charge in [-0.25, -0.2) is 14.4 Å². The second-order valence-electron chi connectivity index (χ2n) is 3.95. The quantitative estimate of drug-likeness (QED) is 0.353. The van der Waals surface area contributed by atoms with Crippen LogP contribution in [0.15, 0.2) is 37.0 Å². The van der Waals surface area contributed by atoms with E-state index in [1.807, 2.05) is 0 Å². The Labute approximate surface area is 129 Å². The maximum atomic E-state index is 10.7. The predicted molar refractivity (Wildman–Crippen MR) is 80.3 cm³/mol. The third kappa shape index (κ3) is 15.4. The number of carbonyl (C=O) groups is 4. The Hall–Kier alpha value is -2.70. The van der Waals surface area contributed by atoms with Crippen molar-refractivity contribution in [2.24, 2.45) is 5.73 Å². The van der Waals surface area contributed by atoms with Crippen LogP contribution in [0.5, 0.6) is 0 Å². The van der Waals surface area contributed by atoms with Crippen molar-refractivity contribution >= 4 is 23.8 Å². The fraction of sp³-hybridized carbons (Fsp3) is 0.333. The summed E-state index contributed by atoms with van der Waals surface area (Å²) in [4.78, 5) is 40.0. The van der Waals surface area contributed by atoms with Crippen molar-refractivity contribution in [3.05, 3.63) is 37.0 Å². The minimum atomic E-state index is -0.579. The van der Waals surface area contributed by atoms with Crippen molar-refractivity contribution in [1.82, 2.24) is 0 Å². The summed E-state index contributed by atoms with van der Waals surface area (Å²) in [6.45, 7) is 10.8. The Kier molecular flexibility index (Phi) is 13.0. The van der Waals surface area contributed by atoms with Gasteiger partial charge >= 0.3 is 17.9 Å². The van der Waals surface area contributed by atoms with Crippen molar-refractivity contribution in [2.75, 3.05) is 6.61 Å². The molecule has 0 atom stereocenters. The van der Waals surface area contributed by atoms with Gasteiger partial charge in [-0.15, -0.1) is 0 Å². The lowest BCUT2D eigenvalue weighted by molar-refractivity contribution is -0.150. The van der Waals surface area contributed by atoms with E-state index in [-0.39, 0.29) is 5.97 Å². The van der Waals surface area contributed by atoms with Gasteiger partial charge in [-0.1, -0.05) is 26.5 Å². The molecule has 22 heavy (non-hydrogen) atoms. The first-order chi connectivity index (χ1) is 10.2. The van der Waals surface area contributed by atoms with Crippen molar-refractivity contribution < 1.29 is 28.7 Å². The highest BCUT2D eigenvalue weighted by atomic mass is 16.6. The Morgan fingerprint density at radius 1 is 1.32 bits per heavy atom. The molecule has 0 unspecified atom stereocenters. The normalized spacial score (nSPS) is 11.2. The second-order valence-corrected chi connectivity index (χ2v) is 3.95.